The monoisotopic (exact) mass is 706 g/mol. The van der Waals surface area contributed by atoms with Crippen molar-refractivity contribution >= 4 is 41.8 Å². The summed E-state index contributed by atoms with van der Waals surface area (Å²) in [5.74, 6) is 0.464. The maximum atomic E-state index is 7.00. The zero-order valence-electron chi connectivity index (χ0n) is 25.4. The molecule has 0 radical (unpaired) electrons. The maximum absolute atomic E-state index is 7.00. The number of aryl methyl sites for hydroxylation is 1. The van der Waals surface area contributed by atoms with Gasteiger partial charge < -0.3 is 0 Å². The van der Waals surface area contributed by atoms with Crippen LogP contribution in [0.4, 0.5) is 5.69 Å². The molecule has 0 aliphatic rings. The summed E-state index contributed by atoms with van der Waals surface area (Å²) in [5.41, 5.74) is 18.0. The second kappa shape index (κ2) is 15.0. The SMILES string of the molecule is Cc1ccc(/N=C(\N)c2ccccc2)c(/C(=C(/C(=[C](\[Pd][Cl])c2ccccc2)c2ccccc2)c2ccccc2)c2ccccc2)c1. The van der Waals surface area contributed by atoms with Crippen molar-refractivity contribution < 1.29 is 17.0 Å². The van der Waals surface area contributed by atoms with Crippen LogP contribution in [0.25, 0.3) is 20.8 Å². The molecule has 0 aliphatic heterocycles. The fourth-order valence-corrected chi connectivity index (χ4v) is 7.32. The molecule has 6 rings (SSSR count). The van der Waals surface area contributed by atoms with Crippen molar-refractivity contribution in [2.24, 2.45) is 10.7 Å². The number of hydrogen-bond acceptors (Lipinski definition) is 1. The molecule has 0 spiro atoms. The van der Waals surface area contributed by atoms with Gasteiger partial charge in [-0.3, -0.25) is 0 Å². The summed E-state index contributed by atoms with van der Waals surface area (Å²) in [6.45, 7) is 2.12. The number of hydrogen-bond donors (Lipinski definition) is 1. The summed E-state index contributed by atoms with van der Waals surface area (Å²) in [6, 6.07) is 58.5. The average molecular weight is 708 g/mol. The predicted octanol–water partition coefficient (Wildman–Crippen LogP) is 10.8. The van der Waals surface area contributed by atoms with E-state index < -0.39 is 0 Å². The first kappa shape index (κ1) is 31.2. The standard InChI is InChI=1S/C42H33N2.ClH.Pd/c1-31-27-28-39(44-42(43)36-25-15-6-16-26-36)38(29-31)41(35-23-13-5-14-24-35)40(34-21-11-4-12-22-34)37(33-19-9-3-10-20-33)30-32-17-7-2-8-18-32;;/h2-29H,1H3,(H2,43,44);1H;/q;;+1/p-1/b37-30?,41-40+;;. The Morgan fingerprint density at radius 1 is 0.522 bits per heavy atom. The van der Waals surface area contributed by atoms with E-state index in [0.717, 1.165) is 65.4 Å². The van der Waals surface area contributed by atoms with E-state index in [1.54, 1.807) is 0 Å². The Hall–Kier alpha value is -4.78. The Morgan fingerprint density at radius 2 is 0.957 bits per heavy atom. The fraction of sp³-hybridized carbons (Fsp3) is 0.0238. The number of halogens is 1. The van der Waals surface area contributed by atoms with E-state index in [-0.39, 0.29) is 17.0 Å². The summed E-state index contributed by atoms with van der Waals surface area (Å²) in [5, 5.41) is 0. The molecule has 0 heterocycles. The molecule has 6 aromatic carbocycles. The molecule has 0 atom stereocenters. The minimum atomic E-state index is -0.224. The van der Waals surface area contributed by atoms with Gasteiger partial charge in [-0.15, -0.1) is 0 Å². The van der Waals surface area contributed by atoms with Crippen molar-refractivity contribution in [2.45, 2.75) is 6.92 Å². The molecule has 6 aromatic rings. The quantitative estimate of drug-likeness (QED) is 0.0525. The molecule has 2 N–H and O–H groups in total. The van der Waals surface area contributed by atoms with Gasteiger partial charge in [0.25, 0.3) is 0 Å². The van der Waals surface area contributed by atoms with Crippen molar-refractivity contribution in [2.75, 3.05) is 0 Å². The van der Waals surface area contributed by atoms with Crippen molar-refractivity contribution in [1.82, 2.24) is 0 Å². The van der Waals surface area contributed by atoms with E-state index in [2.05, 4.69) is 140 Å². The van der Waals surface area contributed by atoms with Crippen molar-refractivity contribution in [3.8, 4) is 0 Å². The number of aliphatic imine (C=N–C) groups is 1. The Balaban J connectivity index is 1.80. The normalized spacial score (nSPS) is 12.8. The minimum absolute atomic E-state index is 0.224. The third kappa shape index (κ3) is 7.04. The number of nitrogens with zero attached hydrogens (tertiary/aromatic N) is 1. The molecular formula is C42H33ClN2Pd. The number of rotatable bonds is 9. The van der Waals surface area contributed by atoms with Gasteiger partial charge in [0, 0.05) is 0 Å². The van der Waals surface area contributed by atoms with Crippen LogP contribution in [0.1, 0.15) is 38.9 Å². The molecule has 0 fully saturated rings. The first-order valence-corrected chi connectivity index (χ1v) is 17.8. The summed E-state index contributed by atoms with van der Waals surface area (Å²) in [6.07, 6.45) is 0. The summed E-state index contributed by atoms with van der Waals surface area (Å²) in [7, 11) is 7.00. The van der Waals surface area contributed by atoms with Crippen LogP contribution in [-0.2, 0) is 17.0 Å². The summed E-state index contributed by atoms with van der Waals surface area (Å²) < 4.78 is 1.09. The number of nitrogens with two attached hydrogens (primary N) is 1. The molecular weight excluding hydrogens is 674 g/mol. The van der Waals surface area contributed by atoms with E-state index in [1.165, 1.54) is 0 Å². The van der Waals surface area contributed by atoms with E-state index in [1.807, 2.05) is 36.4 Å². The second-order valence-corrected chi connectivity index (χ2v) is 12.6. The topological polar surface area (TPSA) is 38.4 Å². The van der Waals surface area contributed by atoms with Crippen molar-refractivity contribution in [3.63, 3.8) is 0 Å². The van der Waals surface area contributed by atoms with E-state index in [0.29, 0.717) is 5.84 Å². The summed E-state index contributed by atoms with van der Waals surface area (Å²) in [4.78, 5) is 5.07. The average Bonchev–Trinajstić information content (AvgIpc) is 3.12. The van der Waals surface area contributed by atoms with E-state index >= 15 is 0 Å². The van der Waals surface area contributed by atoms with Gasteiger partial charge in [-0.2, -0.15) is 0 Å². The van der Waals surface area contributed by atoms with Crippen LogP contribution >= 0.6 is 9.53 Å². The van der Waals surface area contributed by atoms with Crippen LogP contribution in [0.5, 0.6) is 0 Å². The Labute approximate surface area is 283 Å². The summed E-state index contributed by atoms with van der Waals surface area (Å²) >= 11 is -0.224. The van der Waals surface area contributed by atoms with Gasteiger partial charge in [0.1, 0.15) is 0 Å². The zero-order valence-corrected chi connectivity index (χ0v) is 27.7. The Kier molecular flexibility index (Phi) is 10.2. The van der Waals surface area contributed by atoms with Gasteiger partial charge in [-0.1, -0.05) is 0 Å². The molecule has 46 heavy (non-hydrogen) atoms. The third-order valence-corrected chi connectivity index (χ3v) is 9.53. The van der Waals surface area contributed by atoms with E-state index in [9.17, 15) is 0 Å². The van der Waals surface area contributed by atoms with Crippen LogP contribution in [0, 0.1) is 6.92 Å². The first-order valence-electron chi connectivity index (χ1n) is 15.1. The molecule has 0 aromatic heterocycles. The van der Waals surface area contributed by atoms with Gasteiger partial charge in [-0.25, -0.2) is 0 Å². The zero-order chi connectivity index (χ0) is 31.7. The van der Waals surface area contributed by atoms with Crippen LogP contribution < -0.4 is 5.73 Å². The number of allylic oxidation sites excluding steroid dienone is 2. The number of amidine groups is 1. The third-order valence-electron chi connectivity index (χ3n) is 7.69. The van der Waals surface area contributed by atoms with Crippen molar-refractivity contribution in [1.29, 1.82) is 0 Å². The molecule has 0 bridgehead atoms. The van der Waals surface area contributed by atoms with Gasteiger partial charge in [-0.05, 0) is 0 Å². The van der Waals surface area contributed by atoms with Crippen LogP contribution in [0.15, 0.2) is 175 Å². The first-order chi connectivity index (χ1) is 22.6. The molecule has 0 amide bonds. The molecule has 4 heteroatoms. The predicted molar refractivity (Wildman–Crippen MR) is 192 cm³/mol. The van der Waals surface area contributed by atoms with Crippen LogP contribution in [0.2, 0.25) is 0 Å². The molecule has 2 nitrogen and oxygen atoms in total. The Morgan fingerprint density at radius 3 is 1.46 bits per heavy atom. The number of benzene rings is 6. The fourth-order valence-electron chi connectivity index (χ4n) is 5.56. The molecule has 0 aliphatic carbocycles. The molecule has 0 unspecified atom stereocenters. The van der Waals surface area contributed by atoms with Gasteiger partial charge >= 0.3 is 285 Å². The van der Waals surface area contributed by atoms with Gasteiger partial charge in [0.2, 0.25) is 0 Å². The molecule has 0 saturated carbocycles. The van der Waals surface area contributed by atoms with Crippen molar-refractivity contribution in [3.05, 3.63) is 209 Å². The van der Waals surface area contributed by atoms with Crippen LogP contribution in [-0.4, -0.2) is 5.84 Å². The van der Waals surface area contributed by atoms with Gasteiger partial charge in [0.05, 0.1) is 0 Å². The molecule has 0 saturated heterocycles. The second-order valence-electron chi connectivity index (χ2n) is 10.8. The van der Waals surface area contributed by atoms with Crippen LogP contribution in [0.3, 0.4) is 0 Å². The Bertz CT molecular complexity index is 2000. The van der Waals surface area contributed by atoms with Gasteiger partial charge in [0.15, 0.2) is 0 Å². The molecule has 228 valence electrons. The van der Waals surface area contributed by atoms with E-state index in [4.69, 9.17) is 20.3 Å².